The van der Waals surface area contributed by atoms with E-state index in [2.05, 4.69) is 5.32 Å². The lowest BCUT2D eigenvalue weighted by Gasteiger charge is -2.18. The fourth-order valence-electron chi connectivity index (χ4n) is 1.01. The fraction of sp³-hybridized carbons (Fsp3) is 1.00. The molecule has 5 heteroatoms. The van der Waals surface area contributed by atoms with E-state index in [1.165, 1.54) is 0 Å². The molecule has 0 heterocycles. The summed E-state index contributed by atoms with van der Waals surface area (Å²) in [6.45, 7) is 6.04. The molecule has 0 amide bonds. The minimum atomic E-state index is -4.25. The first-order valence-corrected chi connectivity index (χ1v) is 5.29. The third-order valence-corrected chi connectivity index (χ3v) is 2.12. The van der Waals surface area contributed by atoms with E-state index in [1.807, 2.05) is 13.8 Å². The van der Waals surface area contributed by atoms with Gasteiger partial charge >= 0.3 is 6.18 Å². The first-order chi connectivity index (χ1) is 6.88. The van der Waals surface area contributed by atoms with Crippen molar-refractivity contribution >= 4 is 0 Å². The van der Waals surface area contributed by atoms with Gasteiger partial charge in [-0.1, -0.05) is 6.92 Å². The van der Waals surface area contributed by atoms with Crippen molar-refractivity contribution < 1.29 is 17.9 Å². The van der Waals surface area contributed by atoms with Crippen molar-refractivity contribution in [2.75, 3.05) is 13.2 Å². The number of ether oxygens (including phenoxy) is 1. The second kappa shape index (κ2) is 7.06. The zero-order chi connectivity index (χ0) is 11.9. The van der Waals surface area contributed by atoms with Gasteiger partial charge in [0, 0.05) is 12.6 Å². The molecule has 0 aromatic rings. The minimum Gasteiger partial charge on any atom is -0.369 e. The van der Waals surface area contributed by atoms with Crippen LogP contribution >= 0.6 is 0 Å². The fourth-order valence-corrected chi connectivity index (χ4v) is 1.01. The van der Waals surface area contributed by atoms with Gasteiger partial charge in [0.2, 0.25) is 0 Å². The normalized spacial score (nSPS) is 16.4. The lowest BCUT2D eigenvalue weighted by Crippen LogP contribution is -2.32. The van der Waals surface area contributed by atoms with Crippen LogP contribution in [0.15, 0.2) is 0 Å². The van der Waals surface area contributed by atoms with Crippen molar-refractivity contribution in [1.29, 1.82) is 0 Å². The van der Waals surface area contributed by atoms with Crippen LogP contribution in [0.5, 0.6) is 0 Å². The van der Waals surface area contributed by atoms with Crippen LogP contribution in [0.3, 0.4) is 0 Å². The topological polar surface area (TPSA) is 21.3 Å². The largest absolute Gasteiger partial charge is 0.414 e. The summed E-state index contributed by atoms with van der Waals surface area (Å²) in [6, 6.07) is 0.199. The van der Waals surface area contributed by atoms with Gasteiger partial charge in [0.05, 0.1) is 0 Å². The first kappa shape index (κ1) is 14.7. The van der Waals surface area contributed by atoms with Crippen LogP contribution in [0.4, 0.5) is 13.2 Å². The summed E-state index contributed by atoms with van der Waals surface area (Å²) in [5, 5.41) is 3.18. The predicted octanol–water partition coefficient (Wildman–Crippen LogP) is 2.73. The van der Waals surface area contributed by atoms with Crippen LogP contribution in [0.1, 0.15) is 33.6 Å². The second-order valence-corrected chi connectivity index (χ2v) is 3.70. The Morgan fingerprint density at radius 2 is 1.87 bits per heavy atom. The molecular weight excluding hydrogens is 207 g/mol. The van der Waals surface area contributed by atoms with Crippen LogP contribution in [-0.2, 0) is 4.74 Å². The molecule has 0 spiro atoms. The third kappa shape index (κ3) is 7.62. The number of rotatable bonds is 7. The van der Waals surface area contributed by atoms with Gasteiger partial charge < -0.3 is 10.1 Å². The molecule has 1 N–H and O–H groups in total. The van der Waals surface area contributed by atoms with Crippen LogP contribution in [0.25, 0.3) is 0 Å². The molecular formula is C10H20F3NO. The SMILES string of the molecule is CCCNC(C)CCOC(C)C(F)(F)F. The maximum absolute atomic E-state index is 12.0. The third-order valence-electron chi connectivity index (χ3n) is 2.12. The van der Waals surface area contributed by atoms with Gasteiger partial charge in [-0.05, 0) is 33.2 Å². The molecule has 2 nitrogen and oxygen atoms in total. The molecule has 2 unspecified atom stereocenters. The van der Waals surface area contributed by atoms with Crippen molar-refractivity contribution in [3.8, 4) is 0 Å². The molecule has 0 saturated carbocycles. The van der Waals surface area contributed by atoms with Gasteiger partial charge in [-0.2, -0.15) is 13.2 Å². The Hall–Kier alpha value is -0.290. The summed E-state index contributed by atoms with van der Waals surface area (Å²) >= 11 is 0. The van der Waals surface area contributed by atoms with E-state index >= 15 is 0 Å². The van der Waals surface area contributed by atoms with E-state index < -0.39 is 12.3 Å². The van der Waals surface area contributed by atoms with Gasteiger partial charge in [0.15, 0.2) is 6.10 Å². The predicted molar refractivity (Wildman–Crippen MR) is 53.8 cm³/mol. The molecule has 0 fully saturated rings. The lowest BCUT2D eigenvalue weighted by atomic mass is 10.2. The standard InChI is InChI=1S/C10H20F3NO/c1-4-6-14-8(2)5-7-15-9(3)10(11,12)13/h8-9,14H,4-7H2,1-3H3. The quantitative estimate of drug-likeness (QED) is 0.722. The smallest absolute Gasteiger partial charge is 0.369 e. The van der Waals surface area contributed by atoms with E-state index in [9.17, 15) is 13.2 Å². The highest BCUT2D eigenvalue weighted by molar-refractivity contribution is 4.63. The molecule has 0 aliphatic heterocycles. The highest BCUT2D eigenvalue weighted by Gasteiger charge is 2.36. The van der Waals surface area contributed by atoms with Crippen molar-refractivity contribution in [3.63, 3.8) is 0 Å². The Balaban J connectivity index is 3.52. The molecule has 0 aromatic carbocycles. The molecule has 0 aromatic heterocycles. The number of hydrogen-bond acceptors (Lipinski definition) is 2. The Labute approximate surface area is 89.2 Å². The first-order valence-electron chi connectivity index (χ1n) is 5.29. The second-order valence-electron chi connectivity index (χ2n) is 3.70. The maximum atomic E-state index is 12.0. The average Bonchev–Trinajstić information content (AvgIpc) is 2.13. The number of alkyl halides is 3. The summed E-state index contributed by atoms with van der Waals surface area (Å²) in [4.78, 5) is 0. The van der Waals surface area contributed by atoms with Gasteiger partial charge in [-0.3, -0.25) is 0 Å². The Morgan fingerprint density at radius 3 is 2.33 bits per heavy atom. The van der Waals surface area contributed by atoms with Gasteiger partial charge in [0.1, 0.15) is 0 Å². The summed E-state index contributed by atoms with van der Waals surface area (Å²) in [5.41, 5.74) is 0. The lowest BCUT2D eigenvalue weighted by molar-refractivity contribution is -0.214. The molecule has 0 radical (unpaired) electrons. The summed E-state index contributed by atoms with van der Waals surface area (Å²) in [7, 11) is 0. The zero-order valence-corrected chi connectivity index (χ0v) is 9.53. The maximum Gasteiger partial charge on any atom is 0.414 e. The van der Waals surface area contributed by atoms with E-state index in [0.29, 0.717) is 6.42 Å². The molecule has 0 rings (SSSR count). The van der Waals surface area contributed by atoms with Crippen LogP contribution in [-0.4, -0.2) is 31.5 Å². The number of halogens is 3. The highest BCUT2D eigenvalue weighted by Crippen LogP contribution is 2.22. The zero-order valence-electron chi connectivity index (χ0n) is 9.53. The summed E-state index contributed by atoms with van der Waals surface area (Å²) in [6.07, 6.45) is -4.30. The van der Waals surface area contributed by atoms with Gasteiger partial charge in [-0.15, -0.1) is 0 Å². The average molecular weight is 227 g/mol. The molecule has 0 saturated heterocycles. The monoisotopic (exact) mass is 227 g/mol. The van der Waals surface area contributed by atoms with E-state index in [1.54, 1.807) is 0 Å². The molecule has 92 valence electrons. The Kier molecular flexibility index (Phi) is 6.92. The van der Waals surface area contributed by atoms with Gasteiger partial charge in [-0.25, -0.2) is 0 Å². The van der Waals surface area contributed by atoms with Crippen molar-refractivity contribution in [1.82, 2.24) is 5.32 Å². The van der Waals surface area contributed by atoms with E-state index in [0.717, 1.165) is 19.9 Å². The summed E-state index contributed by atoms with van der Waals surface area (Å²) < 4.78 is 40.8. The van der Waals surface area contributed by atoms with Crippen LogP contribution < -0.4 is 5.32 Å². The van der Waals surface area contributed by atoms with Crippen LogP contribution in [0, 0.1) is 0 Å². The molecule has 15 heavy (non-hydrogen) atoms. The van der Waals surface area contributed by atoms with Crippen molar-refractivity contribution in [2.45, 2.75) is 51.9 Å². The molecule has 0 aliphatic carbocycles. The number of hydrogen-bond donors (Lipinski definition) is 1. The number of nitrogens with one attached hydrogen (secondary N) is 1. The minimum absolute atomic E-state index is 0.137. The molecule has 2 atom stereocenters. The summed E-state index contributed by atoms with van der Waals surface area (Å²) in [5.74, 6) is 0. The van der Waals surface area contributed by atoms with Gasteiger partial charge in [0.25, 0.3) is 0 Å². The Morgan fingerprint density at radius 1 is 1.27 bits per heavy atom. The van der Waals surface area contributed by atoms with E-state index in [4.69, 9.17) is 4.74 Å². The van der Waals surface area contributed by atoms with E-state index in [-0.39, 0.29) is 12.6 Å². The van der Waals surface area contributed by atoms with Crippen molar-refractivity contribution in [3.05, 3.63) is 0 Å². The molecule has 0 aliphatic rings. The Bertz CT molecular complexity index is 161. The highest BCUT2D eigenvalue weighted by atomic mass is 19.4. The molecule has 0 bridgehead atoms. The van der Waals surface area contributed by atoms with Crippen LogP contribution in [0.2, 0.25) is 0 Å². The van der Waals surface area contributed by atoms with Crippen molar-refractivity contribution in [2.24, 2.45) is 0 Å².